The number of aryl methyl sites for hydroxylation is 3. The number of amides is 1. The molecule has 122 valence electrons. The van der Waals surface area contributed by atoms with Crippen LogP contribution in [0.1, 0.15) is 33.1 Å². The van der Waals surface area contributed by atoms with E-state index in [9.17, 15) is 4.79 Å². The van der Waals surface area contributed by atoms with Crippen molar-refractivity contribution in [2.45, 2.75) is 27.7 Å². The highest BCUT2D eigenvalue weighted by Crippen LogP contribution is 2.15. The van der Waals surface area contributed by atoms with Crippen LogP contribution in [0.5, 0.6) is 0 Å². The van der Waals surface area contributed by atoms with E-state index in [1.165, 1.54) is 0 Å². The molecule has 0 unspecified atom stereocenters. The van der Waals surface area contributed by atoms with Crippen LogP contribution in [0.25, 0.3) is 5.95 Å². The molecule has 6 nitrogen and oxygen atoms in total. The van der Waals surface area contributed by atoms with Crippen LogP contribution in [0.2, 0.25) is 0 Å². The molecule has 0 radical (unpaired) electrons. The van der Waals surface area contributed by atoms with Gasteiger partial charge in [0.25, 0.3) is 5.91 Å². The van der Waals surface area contributed by atoms with Gasteiger partial charge >= 0.3 is 0 Å². The van der Waals surface area contributed by atoms with Gasteiger partial charge in [0.15, 0.2) is 0 Å². The maximum absolute atomic E-state index is 12.2. The number of carbonyl (C=O) groups excluding carboxylic acids is 1. The van der Waals surface area contributed by atoms with Crippen molar-refractivity contribution in [2.75, 3.05) is 5.32 Å². The summed E-state index contributed by atoms with van der Waals surface area (Å²) in [7, 11) is 0. The van der Waals surface area contributed by atoms with Crippen LogP contribution >= 0.6 is 0 Å². The van der Waals surface area contributed by atoms with Crippen molar-refractivity contribution in [3.8, 4) is 5.95 Å². The van der Waals surface area contributed by atoms with E-state index < -0.39 is 0 Å². The normalized spacial score (nSPS) is 10.7. The highest BCUT2D eigenvalue weighted by Gasteiger charge is 2.12. The molecule has 0 fully saturated rings. The van der Waals surface area contributed by atoms with Gasteiger partial charge in [-0.05, 0) is 39.8 Å². The van der Waals surface area contributed by atoms with Crippen molar-refractivity contribution < 1.29 is 4.79 Å². The van der Waals surface area contributed by atoms with Gasteiger partial charge < -0.3 is 5.32 Å². The van der Waals surface area contributed by atoms with Crippen molar-refractivity contribution in [3.63, 3.8) is 0 Å². The van der Waals surface area contributed by atoms with Crippen molar-refractivity contribution >= 4 is 11.6 Å². The summed E-state index contributed by atoms with van der Waals surface area (Å²) in [6.07, 6.45) is 3.20. The van der Waals surface area contributed by atoms with Gasteiger partial charge in [-0.15, -0.1) is 0 Å². The van der Waals surface area contributed by atoms with Crippen LogP contribution in [0.15, 0.2) is 36.7 Å². The SMILES string of the molecule is Cc1ccc(C(=O)Nc2cnc(-n3c(C)nc(C)c3C)nc2)cc1. The third-order valence-electron chi connectivity index (χ3n) is 3.92. The monoisotopic (exact) mass is 321 g/mol. The lowest BCUT2D eigenvalue weighted by molar-refractivity contribution is 0.102. The molecular weight excluding hydrogens is 302 g/mol. The summed E-state index contributed by atoms with van der Waals surface area (Å²) >= 11 is 0. The van der Waals surface area contributed by atoms with Crippen molar-refractivity contribution in [1.82, 2.24) is 19.5 Å². The van der Waals surface area contributed by atoms with Gasteiger partial charge in [-0.25, -0.2) is 15.0 Å². The van der Waals surface area contributed by atoms with Crippen molar-refractivity contribution in [2.24, 2.45) is 0 Å². The Morgan fingerprint density at radius 2 is 1.62 bits per heavy atom. The summed E-state index contributed by atoms with van der Waals surface area (Å²) in [5.41, 5.74) is 4.22. The summed E-state index contributed by atoms with van der Waals surface area (Å²) in [4.78, 5) is 25.3. The number of carbonyl (C=O) groups is 1. The van der Waals surface area contributed by atoms with Crippen molar-refractivity contribution in [3.05, 3.63) is 65.0 Å². The zero-order valence-electron chi connectivity index (χ0n) is 14.2. The van der Waals surface area contributed by atoms with Crippen LogP contribution in [0.3, 0.4) is 0 Å². The lowest BCUT2D eigenvalue weighted by atomic mass is 10.1. The molecule has 2 aromatic heterocycles. The summed E-state index contributed by atoms with van der Waals surface area (Å²) < 4.78 is 1.89. The molecule has 0 atom stereocenters. The predicted molar refractivity (Wildman–Crippen MR) is 92.5 cm³/mol. The van der Waals surface area contributed by atoms with E-state index in [0.29, 0.717) is 17.2 Å². The van der Waals surface area contributed by atoms with Crippen LogP contribution in [-0.2, 0) is 0 Å². The molecule has 0 spiro atoms. The van der Waals surface area contributed by atoms with Gasteiger partial charge in [0.05, 0.1) is 23.8 Å². The second-order valence-corrected chi connectivity index (χ2v) is 5.76. The number of imidazole rings is 1. The van der Waals surface area contributed by atoms with E-state index in [4.69, 9.17) is 0 Å². The fraction of sp³-hybridized carbons (Fsp3) is 0.222. The quantitative estimate of drug-likeness (QED) is 0.804. The molecule has 0 aliphatic carbocycles. The molecular formula is C18H19N5O. The minimum Gasteiger partial charge on any atom is -0.319 e. The van der Waals surface area contributed by atoms with Crippen LogP contribution in [0, 0.1) is 27.7 Å². The second kappa shape index (κ2) is 6.23. The van der Waals surface area contributed by atoms with Gasteiger partial charge in [-0.1, -0.05) is 17.7 Å². The maximum atomic E-state index is 12.2. The van der Waals surface area contributed by atoms with Gasteiger partial charge in [0.2, 0.25) is 5.95 Å². The third kappa shape index (κ3) is 3.03. The van der Waals surface area contributed by atoms with E-state index in [0.717, 1.165) is 22.8 Å². The van der Waals surface area contributed by atoms with Crippen molar-refractivity contribution in [1.29, 1.82) is 0 Å². The molecule has 0 saturated heterocycles. The molecule has 1 amide bonds. The molecule has 6 heteroatoms. The van der Waals surface area contributed by atoms with E-state index in [2.05, 4.69) is 20.3 Å². The van der Waals surface area contributed by atoms with E-state index in [1.54, 1.807) is 24.5 Å². The number of benzene rings is 1. The Hall–Kier alpha value is -3.02. The Balaban J connectivity index is 1.79. The predicted octanol–water partition coefficient (Wildman–Crippen LogP) is 3.15. The average Bonchev–Trinajstić information content (AvgIpc) is 2.81. The number of hydrogen-bond acceptors (Lipinski definition) is 4. The number of rotatable bonds is 3. The summed E-state index contributed by atoms with van der Waals surface area (Å²) in [5, 5.41) is 2.80. The lowest BCUT2D eigenvalue weighted by Crippen LogP contribution is -2.13. The standard InChI is InChI=1S/C18H19N5O/c1-11-5-7-15(8-6-11)17(24)22-16-9-19-18(20-10-16)23-13(3)12(2)21-14(23)4/h5-10H,1-4H3,(H,22,24). The molecule has 0 bridgehead atoms. The lowest BCUT2D eigenvalue weighted by Gasteiger charge is -2.08. The highest BCUT2D eigenvalue weighted by molar-refractivity contribution is 6.04. The Morgan fingerprint density at radius 1 is 1.00 bits per heavy atom. The first-order valence-electron chi connectivity index (χ1n) is 7.68. The fourth-order valence-corrected chi connectivity index (χ4v) is 2.48. The first-order chi connectivity index (χ1) is 11.5. The number of nitrogens with zero attached hydrogens (tertiary/aromatic N) is 4. The first kappa shape index (κ1) is 15.9. The molecule has 0 aliphatic heterocycles. The first-order valence-corrected chi connectivity index (χ1v) is 7.68. The smallest absolute Gasteiger partial charge is 0.255 e. The average molecular weight is 321 g/mol. The third-order valence-corrected chi connectivity index (χ3v) is 3.92. The van der Waals surface area contributed by atoms with E-state index in [1.807, 2.05) is 44.4 Å². The number of hydrogen-bond donors (Lipinski definition) is 1. The molecule has 24 heavy (non-hydrogen) atoms. The maximum Gasteiger partial charge on any atom is 0.255 e. The minimum atomic E-state index is -0.183. The van der Waals surface area contributed by atoms with Gasteiger partial charge in [0, 0.05) is 11.3 Å². The zero-order chi connectivity index (χ0) is 17.3. The summed E-state index contributed by atoms with van der Waals surface area (Å²) in [5.74, 6) is 1.19. The number of aromatic nitrogens is 4. The Morgan fingerprint density at radius 3 is 2.17 bits per heavy atom. The van der Waals surface area contributed by atoms with Gasteiger partial charge in [0.1, 0.15) is 5.82 Å². The number of anilines is 1. The molecule has 1 aromatic carbocycles. The summed E-state index contributed by atoms with van der Waals surface area (Å²) in [6, 6.07) is 7.39. The molecule has 1 N–H and O–H groups in total. The Bertz CT molecular complexity index is 879. The summed E-state index contributed by atoms with van der Waals surface area (Å²) in [6.45, 7) is 7.83. The van der Waals surface area contributed by atoms with E-state index >= 15 is 0 Å². The largest absolute Gasteiger partial charge is 0.319 e. The van der Waals surface area contributed by atoms with E-state index in [-0.39, 0.29) is 5.91 Å². The zero-order valence-corrected chi connectivity index (χ0v) is 14.2. The number of nitrogens with one attached hydrogen (secondary N) is 1. The minimum absolute atomic E-state index is 0.183. The Kier molecular flexibility index (Phi) is 4.12. The van der Waals surface area contributed by atoms with Crippen LogP contribution in [0.4, 0.5) is 5.69 Å². The van der Waals surface area contributed by atoms with Crippen LogP contribution < -0.4 is 5.32 Å². The fourth-order valence-electron chi connectivity index (χ4n) is 2.48. The van der Waals surface area contributed by atoms with Gasteiger partial charge in [-0.2, -0.15) is 0 Å². The molecule has 2 heterocycles. The second-order valence-electron chi connectivity index (χ2n) is 5.76. The van der Waals surface area contributed by atoms with Gasteiger partial charge in [-0.3, -0.25) is 9.36 Å². The molecule has 0 aliphatic rings. The Labute approximate surface area is 140 Å². The topological polar surface area (TPSA) is 72.7 Å². The molecule has 0 saturated carbocycles. The van der Waals surface area contributed by atoms with Crippen LogP contribution in [-0.4, -0.2) is 25.4 Å². The molecule has 3 aromatic rings. The molecule has 3 rings (SSSR count). The highest BCUT2D eigenvalue weighted by atomic mass is 16.1.